The number of benzene rings is 3. The lowest BCUT2D eigenvalue weighted by Crippen LogP contribution is -2.32. The highest BCUT2D eigenvalue weighted by molar-refractivity contribution is 9.10. The summed E-state index contributed by atoms with van der Waals surface area (Å²) in [5.74, 6) is 1.64. The number of carbonyl (C=O) groups is 1. The third-order valence-corrected chi connectivity index (χ3v) is 7.22. The molecule has 1 amide bonds. The Morgan fingerprint density at radius 1 is 1.03 bits per heavy atom. The van der Waals surface area contributed by atoms with Gasteiger partial charge in [-0.15, -0.1) is 0 Å². The minimum Gasteiger partial charge on any atom is -0.494 e. The number of hydrogen-bond acceptors (Lipinski definition) is 5. The van der Waals surface area contributed by atoms with E-state index in [0.717, 1.165) is 27.0 Å². The largest absolute Gasteiger partial charge is 0.494 e. The van der Waals surface area contributed by atoms with Crippen LogP contribution >= 0.6 is 39.7 Å². The van der Waals surface area contributed by atoms with Gasteiger partial charge >= 0.3 is 0 Å². The summed E-state index contributed by atoms with van der Waals surface area (Å²) >= 11 is 15.6. The Labute approximate surface area is 235 Å². The molecule has 1 fully saturated rings. The zero-order valence-electron chi connectivity index (χ0n) is 20.7. The molecule has 0 saturated carbocycles. The van der Waals surface area contributed by atoms with Gasteiger partial charge in [0.25, 0.3) is 5.91 Å². The molecule has 3 aromatic rings. The van der Waals surface area contributed by atoms with Crippen molar-refractivity contribution in [3.63, 3.8) is 0 Å². The summed E-state index contributed by atoms with van der Waals surface area (Å²) in [5, 5.41) is 1.05. The van der Waals surface area contributed by atoms with Gasteiger partial charge in [-0.2, -0.15) is 0 Å². The van der Waals surface area contributed by atoms with E-state index in [2.05, 4.69) is 15.9 Å². The number of nitrogens with zero attached hydrogens (tertiary/aromatic N) is 2. The van der Waals surface area contributed by atoms with Crippen molar-refractivity contribution in [2.24, 2.45) is 0 Å². The van der Waals surface area contributed by atoms with E-state index in [0.29, 0.717) is 40.5 Å². The van der Waals surface area contributed by atoms with Crippen LogP contribution in [0, 0.1) is 0 Å². The van der Waals surface area contributed by atoms with Crippen molar-refractivity contribution in [3.05, 3.63) is 87.0 Å². The van der Waals surface area contributed by atoms with Crippen molar-refractivity contribution >= 4 is 62.5 Å². The first-order chi connectivity index (χ1) is 17.9. The van der Waals surface area contributed by atoms with Crippen molar-refractivity contribution in [1.29, 1.82) is 0 Å². The first-order valence-electron chi connectivity index (χ1n) is 11.7. The molecule has 0 spiro atoms. The summed E-state index contributed by atoms with van der Waals surface area (Å²) in [6.07, 6.45) is 1.80. The standard InChI is InChI=1S/C28H26BrClN2O4S/c1-4-31-27(33)24(32(28(31)37)20-10-12-21(13-11-20)35-5-2)14-19-15-25(34-3)26(16-22(19)29)36-17-18-8-6-7-9-23(18)30/h6-16H,4-5,17H2,1-3H3. The van der Waals surface area contributed by atoms with Gasteiger partial charge in [0.2, 0.25) is 0 Å². The van der Waals surface area contributed by atoms with Gasteiger partial charge in [-0.05, 0) is 80.2 Å². The second kappa shape index (κ2) is 12.0. The highest BCUT2D eigenvalue weighted by Crippen LogP contribution is 2.37. The summed E-state index contributed by atoms with van der Waals surface area (Å²) in [6, 6.07) is 18.7. The normalized spacial score (nSPS) is 14.5. The van der Waals surface area contributed by atoms with E-state index in [1.165, 1.54) is 0 Å². The number of rotatable bonds is 9. The Morgan fingerprint density at radius 2 is 1.76 bits per heavy atom. The van der Waals surface area contributed by atoms with Gasteiger partial charge in [0.15, 0.2) is 16.6 Å². The second-order valence-electron chi connectivity index (χ2n) is 8.03. The van der Waals surface area contributed by atoms with E-state index in [4.69, 9.17) is 38.0 Å². The number of methoxy groups -OCH3 is 1. The van der Waals surface area contributed by atoms with Crippen molar-refractivity contribution in [1.82, 2.24) is 4.90 Å². The molecule has 3 aromatic carbocycles. The van der Waals surface area contributed by atoms with Crippen LogP contribution in [0.1, 0.15) is 25.0 Å². The van der Waals surface area contributed by atoms with E-state index < -0.39 is 0 Å². The molecule has 0 bridgehead atoms. The summed E-state index contributed by atoms with van der Waals surface area (Å²) in [4.78, 5) is 16.7. The zero-order chi connectivity index (χ0) is 26.5. The molecule has 37 heavy (non-hydrogen) atoms. The summed E-state index contributed by atoms with van der Waals surface area (Å²) in [5.41, 5.74) is 2.81. The third-order valence-electron chi connectivity index (χ3n) is 5.77. The van der Waals surface area contributed by atoms with Gasteiger partial charge in [-0.1, -0.05) is 45.7 Å². The van der Waals surface area contributed by atoms with Gasteiger partial charge < -0.3 is 14.2 Å². The van der Waals surface area contributed by atoms with E-state index in [9.17, 15) is 4.79 Å². The highest BCUT2D eigenvalue weighted by atomic mass is 79.9. The lowest BCUT2D eigenvalue weighted by atomic mass is 10.1. The SMILES string of the molecule is CCOc1ccc(N2C(=S)N(CC)C(=O)C2=Cc2cc(OC)c(OCc3ccccc3Cl)cc2Br)cc1. The summed E-state index contributed by atoms with van der Waals surface area (Å²) in [6.45, 7) is 5.14. The molecule has 1 aliphatic heterocycles. The molecule has 0 radical (unpaired) electrons. The molecule has 0 aromatic heterocycles. The fourth-order valence-electron chi connectivity index (χ4n) is 3.91. The van der Waals surface area contributed by atoms with Crippen molar-refractivity contribution in [2.45, 2.75) is 20.5 Å². The molecule has 4 rings (SSSR count). The Kier molecular flexibility index (Phi) is 8.74. The van der Waals surface area contributed by atoms with Crippen LogP contribution < -0.4 is 19.1 Å². The number of halogens is 2. The van der Waals surface area contributed by atoms with Crippen LogP contribution in [0.15, 0.2) is 70.8 Å². The smallest absolute Gasteiger partial charge is 0.277 e. The third kappa shape index (κ3) is 5.76. The van der Waals surface area contributed by atoms with Crippen molar-refractivity contribution in [2.75, 3.05) is 25.2 Å². The molecule has 0 aliphatic carbocycles. The average molecular weight is 602 g/mol. The number of thiocarbonyl (C=S) groups is 1. The van der Waals surface area contributed by atoms with Gasteiger partial charge in [0, 0.05) is 27.3 Å². The molecule has 0 unspecified atom stereocenters. The van der Waals surface area contributed by atoms with E-state index in [1.54, 1.807) is 23.0 Å². The lowest BCUT2D eigenvalue weighted by molar-refractivity contribution is -0.122. The van der Waals surface area contributed by atoms with Crippen LogP contribution in [0.25, 0.3) is 6.08 Å². The number of carbonyl (C=O) groups excluding carboxylic acids is 1. The number of likely N-dealkylation sites (N-methyl/N-ethyl adjacent to an activating group) is 1. The van der Waals surface area contributed by atoms with Crippen LogP contribution in [-0.4, -0.2) is 36.2 Å². The predicted octanol–water partition coefficient (Wildman–Crippen LogP) is 7.08. The molecule has 1 aliphatic rings. The Balaban J connectivity index is 1.69. The Bertz CT molecular complexity index is 1350. The molecule has 192 valence electrons. The van der Waals surface area contributed by atoms with Crippen molar-refractivity contribution in [3.8, 4) is 17.2 Å². The van der Waals surface area contributed by atoms with E-state index in [-0.39, 0.29) is 12.5 Å². The number of amides is 1. The monoisotopic (exact) mass is 600 g/mol. The summed E-state index contributed by atoms with van der Waals surface area (Å²) < 4.78 is 17.9. The van der Waals surface area contributed by atoms with Crippen LogP contribution in [0.5, 0.6) is 17.2 Å². The maximum atomic E-state index is 13.3. The summed E-state index contributed by atoms with van der Waals surface area (Å²) in [7, 11) is 1.57. The molecular weight excluding hydrogens is 576 g/mol. The molecule has 1 heterocycles. The number of hydrogen-bond donors (Lipinski definition) is 0. The van der Waals surface area contributed by atoms with E-state index >= 15 is 0 Å². The lowest BCUT2D eigenvalue weighted by Gasteiger charge is -2.20. The van der Waals surface area contributed by atoms with Crippen molar-refractivity contribution < 1.29 is 19.0 Å². The van der Waals surface area contributed by atoms with Gasteiger partial charge in [-0.3, -0.25) is 14.6 Å². The second-order valence-corrected chi connectivity index (χ2v) is 9.66. The number of ether oxygens (including phenoxy) is 3. The molecular formula is C28H26BrClN2O4S. The average Bonchev–Trinajstić information content (AvgIpc) is 3.13. The molecule has 0 N–H and O–H groups in total. The zero-order valence-corrected chi connectivity index (χ0v) is 23.8. The molecule has 1 saturated heterocycles. The highest BCUT2D eigenvalue weighted by Gasteiger charge is 2.38. The first kappa shape index (κ1) is 27.0. The fourth-order valence-corrected chi connectivity index (χ4v) is 4.95. The molecule has 0 atom stereocenters. The van der Waals surface area contributed by atoms with Gasteiger partial charge in [0.05, 0.1) is 13.7 Å². The van der Waals surface area contributed by atoms with Crippen LogP contribution in [-0.2, 0) is 11.4 Å². The topological polar surface area (TPSA) is 51.2 Å². The van der Waals surface area contributed by atoms with Crippen LogP contribution in [0.2, 0.25) is 5.02 Å². The number of anilines is 1. The predicted molar refractivity (Wildman–Crippen MR) is 155 cm³/mol. The van der Waals surface area contributed by atoms with Crippen LogP contribution in [0.4, 0.5) is 5.69 Å². The first-order valence-corrected chi connectivity index (χ1v) is 13.3. The van der Waals surface area contributed by atoms with Gasteiger partial charge in [-0.25, -0.2) is 0 Å². The Hall–Kier alpha value is -3.07. The molecule has 6 nitrogen and oxygen atoms in total. The Morgan fingerprint density at radius 3 is 2.41 bits per heavy atom. The quantitative estimate of drug-likeness (QED) is 0.193. The fraction of sp³-hybridized carbons (Fsp3) is 0.214. The maximum Gasteiger partial charge on any atom is 0.277 e. The van der Waals surface area contributed by atoms with Gasteiger partial charge in [0.1, 0.15) is 18.1 Å². The minimum absolute atomic E-state index is 0.175. The minimum atomic E-state index is -0.175. The van der Waals surface area contributed by atoms with E-state index in [1.807, 2.05) is 74.5 Å². The maximum absolute atomic E-state index is 13.3. The van der Waals surface area contributed by atoms with Crippen LogP contribution in [0.3, 0.4) is 0 Å². The molecule has 9 heteroatoms.